The Bertz CT molecular complexity index is 109. The van der Waals surface area contributed by atoms with Crippen LogP contribution in [-0.4, -0.2) is 17.5 Å². The molecule has 2 rings (SSSR count). The Morgan fingerprint density at radius 2 is 2.00 bits per heavy atom. The summed E-state index contributed by atoms with van der Waals surface area (Å²) in [5, 5.41) is 0. The second kappa shape index (κ2) is 1.39. The van der Waals surface area contributed by atoms with E-state index in [0.29, 0.717) is 5.41 Å². The van der Waals surface area contributed by atoms with Gasteiger partial charge in [0.05, 0.1) is 0 Å². The summed E-state index contributed by atoms with van der Waals surface area (Å²) in [5.41, 5.74) is 0.710. The van der Waals surface area contributed by atoms with Crippen LogP contribution in [0, 0.1) is 5.41 Å². The van der Waals surface area contributed by atoms with Crippen LogP contribution in [0.25, 0.3) is 0 Å². The summed E-state index contributed by atoms with van der Waals surface area (Å²) < 4.78 is 1.92. The maximum atomic E-state index is 5.77. The van der Waals surface area contributed by atoms with Gasteiger partial charge in [-0.15, -0.1) is 0 Å². The van der Waals surface area contributed by atoms with E-state index in [0.717, 1.165) is 13.1 Å². The van der Waals surface area contributed by atoms with E-state index in [4.69, 9.17) is 11.8 Å². The minimum absolute atomic E-state index is 0.710. The molecular formula is C6H10ClN. The summed E-state index contributed by atoms with van der Waals surface area (Å²) in [5.74, 6) is 0. The maximum Gasteiger partial charge on any atom is 0.0196 e. The predicted octanol–water partition coefficient (Wildman–Crippen LogP) is 1.63. The zero-order valence-electron chi connectivity index (χ0n) is 4.86. The lowest BCUT2D eigenvalue weighted by atomic mass is 10.1. The van der Waals surface area contributed by atoms with Crippen LogP contribution in [0.15, 0.2) is 0 Å². The molecular weight excluding hydrogens is 122 g/mol. The van der Waals surface area contributed by atoms with Crippen LogP contribution < -0.4 is 0 Å². The zero-order valence-corrected chi connectivity index (χ0v) is 5.62. The van der Waals surface area contributed by atoms with E-state index in [1.165, 1.54) is 19.3 Å². The van der Waals surface area contributed by atoms with E-state index in [1.807, 2.05) is 4.42 Å². The Balaban J connectivity index is 2.03. The molecule has 0 amide bonds. The first kappa shape index (κ1) is 5.07. The molecule has 1 heterocycles. The molecule has 2 fully saturated rings. The summed E-state index contributed by atoms with van der Waals surface area (Å²) in [4.78, 5) is 0. The first-order valence-electron chi connectivity index (χ1n) is 3.22. The van der Waals surface area contributed by atoms with Crippen molar-refractivity contribution in [3.63, 3.8) is 0 Å². The summed E-state index contributed by atoms with van der Waals surface area (Å²) >= 11 is 5.77. The average molecular weight is 132 g/mol. The monoisotopic (exact) mass is 131 g/mol. The third-order valence-corrected chi connectivity index (χ3v) is 2.64. The fraction of sp³-hybridized carbons (Fsp3) is 1.00. The first-order valence-corrected chi connectivity index (χ1v) is 3.55. The number of halogens is 1. The van der Waals surface area contributed by atoms with Crippen molar-refractivity contribution in [1.29, 1.82) is 0 Å². The smallest absolute Gasteiger partial charge is 0.0196 e. The van der Waals surface area contributed by atoms with E-state index >= 15 is 0 Å². The van der Waals surface area contributed by atoms with E-state index in [2.05, 4.69) is 0 Å². The fourth-order valence-electron chi connectivity index (χ4n) is 1.47. The van der Waals surface area contributed by atoms with Crippen LogP contribution in [0.2, 0.25) is 0 Å². The van der Waals surface area contributed by atoms with E-state index < -0.39 is 0 Å². The highest BCUT2D eigenvalue weighted by molar-refractivity contribution is 6.13. The second-order valence-electron chi connectivity index (χ2n) is 3.09. The van der Waals surface area contributed by atoms with Gasteiger partial charge >= 0.3 is 0 Å². The van der Waals surface area contributed by atoms with Crippen LogP contribution in [0.4, 0.5) is 0 Å². The van der Waals surface area contributed by atoms with Crippen molar-refractivity contribution >= 4 is 11.8 Å². The van der Waals surface area contributed by atoms with Crippen LogP contribution in [0.1, 0.15) is 19.3 Å². The van der Waals surface area contributed by atoms with Gasteiger partial charge in [-0.25, -0.2) is 4.42 Å². The Hall–Kier alpha value is 0.250. The minimum Gasteiger partial charge on any atom is -0.220 e. The van der Waals surface area contributed by atoms with E-state index in [-0.39, 0.29) is 0 Å². The van der Waals surface area contributed by atoms with Crippen molar-refractivity contribution in [3.8, 4) is 0 Å². The van der Waals surface area contributed by atoms with Gasteiger partial charge < -0.3 is 0 Å². The molecule has 0 N–H and O–H groups in total. The molecule has 0 aromatic heterocycles. The Labute approximate surface area is 54.7 Å². The summed E-state index contributed by atoms with van der Waals surface area (Å²) in [6, 6.07) is 0. The molecule has 1 saturated heterocycles. The Kier molecular flexibility index (Phi) is 0.884. The molecule has 1 spiro atoms. The lowest BCUT2D eigenvalue weighted by molar-refractivity contribution is 0.500. The molecule has 46 valence electrons. The van der Waals surface area contributed by atoms with Crippen molar-refractivity contribution in [1.82, 2.24) is 4.42 Å². The number of hydrogen-bond acceptors (Lipinski definition) is 1. The number of nitrogens with zero attached hydrogens (tertiary/aromatic N) is 1. The highest BCUT2D eigenvalue weighted by atomic mass is 35.5. The van der Waals surface area contributed by atoms with Gasteiger partial charge in [-0.1, -0.05) is 0 Å². The number of hydrogen-bond donors (Lipinski definition) is 0. The predicted molar refractivity (Wildman–Crippen MR) is 33.7 cm³/mol. The highest BCUT2D eigenvalue weighted by Gasteiger charge is 2.47. The Morgan fingerprint density at radius 3 is 2.25 bits per heavy atom. The van der Waals surface area contributed by atoms with Gasteiger partial charge in [0.25, 0.3) is 0 Å². The summed E-state index contributed by atoms with van der Waals surface area (Å²) in [6.45, 7) is 2.26. The molecule has 1 nitrogen and oxygen atoms in total. The molecule has 1 saturated carbocycles. The van der Waals surface area contributed by atoms with Crippen molar-refractivity contribution in [2.24, 2.45) is 5.41 Å². The molecule has 0 bridgehead atoms. The first-order chi connectivity index (χ1) is 3.81. The van der Waals surface area contributed by atoms with Crippen molar-refractivity contribution in [2.45, 2.75) is 19.3 Å². The minimum atomic E-state index is 0.710. The number of rotatable bonds is 0. The molecule has 2 aliphatic rings. The standard InChI is InChI=1S/C6H10ClN/c7-8-4-3-6(5-8)1-2-6/h1-5H2. The van der Waals surface area contributed by atoms with Crippen molar-refractivity contribution < 1.29 is 0 Å². The second-order valence-corrected chi connectivity index (χ2v) is 3.57. The highest BCUT2D eigenvalue weighted by Crippen LogP contribution is 2.52. The van der Waals surface area contributed by atoms with Gasteiger partial charge in [-0.05, 0) is 36.5 Å². The largest absolute Gasteiger partial charge is 0.220 e. The molecule has 8 heavy (non-hydrogen) atoms. The SMILES string of the molecule is ClN1CCC2(CC2)C1. The van der Waals surface area contributed by atoms with Gasteiger partial charge in [-0.3, -0.25) is 0 Å². The van der Waals surface area contributed by atoms with Crippen LogP contribution in [0.5, 0.6) is 0 Å². The maximum absolute atomic E-state index is 5.77. The van der Waals surface area contributed by atoms with Crippen LogP contribution >= 0.6 is 11.8 Å². The third-order valence-electron chi connectivity index (χ3n) is 2.35. The lowest BCUT2D eigenvalue weighted by Gasteiger charge is -2.02. The molecule has 0 aromatic carbocycles. The summed E-state index contributed by atoms with van der Waals surface area (Å²) in [6.07, 6.45) is 4.20. The van der Waals surface area contributed by atoms with Gasteiger partial charge in [-0.2, -0.15) is 0 Å². The molecule has 0 aromatic rings. The normalized spacial score (nSPS) is 34.1. The van der Waals surface area contributed by atoms with Crippen molar-refractivity contribution in [3.05, 3.63) is 0 Å². The molecule has 0 unspecified atom stereocenters. The quantitative estimate of drug-likeness (QED) is 0.452. The average Bonchev–Trinajstić information content (AvgIpc) is 2.34. The van der Waals surface area contributed by atoms with E-state index in [1.54, 1.807) is 0 Å². The van der Waals surface area contributed by atoms with Crippen LogP contribution in [0.3, 0.4) is 0 Å². The molecule has 0 radical (unpaired) electrons. The van der Waals surface area contributed by atoms with Gasteiger partial charge in [0.1, 0.15) is 0 Å². The molecule has 1 aliphatic carbocycles. The fourth-order valence-corrected chi connectivity index (χ4v) is 1.80. The molecule has 2 heteroatoms. The lowest BCUT2D eigenvalue weighted by Crippen LogP contribution is -2.07. The van der Waals surface area contributed by atoms with Gasteiger partial charge in [0.15, 0.2) is 0 Å². The van der Waals surface area contributed by atoms with Crippen LogP contribution in [-0.2, 0) is 0 Å². The van der Waals surface area contributed by atoms with E-state index in [9.17, 15) is 0 Å². The molecule has 1 aliphatic heterocycles. The van der Waals surface area contributed by atoms with Gasteiger partial charge in [0.2, 0.25) is 0 Å². The Morgan fingerprint density at radius 1 is 1.25 bits per heavy atom. The summed E-state index contributed by atoms with van der Waals surface area (Å²) in [7, 11) is 0. The molecule has 0 atom stereocenters. The van der Waals surface area contributed by atoms with Crippen molar-refractivity contribution in [2.75, 3.05) is 13.1 Å². The topological polar surface area (TPSA) is 3.24 Å². The zero-order chi connectivity index (χ0) is 5.61. The van der Waals surface area contributed by atoms with Gasteiger partial charge in [0, 0.05) is 13.1 Å². The third kappa shape index (κ3) is 0.652.